The van der Waals surface area contributed by atoms with E-state index in [4.69, 9.17) is 4.42 Å². The molecule has 2 aromatic rings. The average molecular weight is 307 g/mol. The summed E-state index contributed by atoms with van der Waals surface area (Å²) in [5, 5.41) is 3.30. The summed E-state index contributed by atoms with van der Waals surface area (Å²) < 4.78 is 5.48. The van der Waals surface area contributed by atoms with E-state index in [1.807, 2.05) is 24.3 Å². The van der Waals surface area contributed by atoms with Gasteiger partial charge in [-0.1, -0.05) is 35.7 Å². The number of hydrogen-bond donors (Lipinski definition) is 1. The van der Waals surface area contributed by atoms with Crippen LogP contribution >= 0.6 is 23.5 Å². The Balaban J connectivity index is 1.61. The second-order valence-electron chi connectivity index (χ2n) is 3.88. The Morgan fingerprint density at radius 2 is 2.35 bits per heavy atom. The molecule has 1 aromatic heterocycles. The summed E-state index contributed by atoms with van der Waals surface area (Å²) >= 11 is 2.41. The summed E-state index contributed by atoms with van der Waals surface area (Å²) in [4.78, 5) is 30.7. The molecule has 3 rings (SSSR count). The van der Waals surface area contributed by atoms with E-state index in [0.29, 0.717) is 21.7 Å². The number of oxazole rings is 1. The third-order valence-electron chi connectivity index (χ3n) is 2.41. The molecule has 1 aliphatic rings. The van der Waals surface area contributed by atoms with Crippen LogP contribution in [0.3, 0.4) is 0 Å². The monoisotopic (exact) mass is 307 g/mol. The molecule has 6 nitrogen and oxygen atoms in total. The summed E-state index contributed by atoms with van der Waals surface area (Å²) in [6, 6.07) is 7.39. The number of nitrogens with zero attached hydrogens (tertiary/aromatic N) is 2. The van der Waals surface area contributed by atoms with Gasteiger partial charge in [0.1, 0.15) is 5.52 Å². The van der Waals surface area contributed by atoms with Crippen molar-refractivity contribution in [3.63, 3.8) is 0 Å². The highest BCUT2D eigenvalue weighted by atomic mass is 32.2. The van der Waals surface area contributed by atoms with Crippen LogP contribution in [-0.2, 0) is 9.59 Å². The smallest absolute Gasteiger partial charge is 0.258 e. The minimum atomic E-state index is -0.332. The van der Waals surface area contributed by atoms with E-state index in [1.54, 1.807) is 0 Å². The van der Waals surface area contributed by atoms with Gasteiger partial charge in [0.05, 0.1) is 11.5 Å². The molecule has 1 aromatic carbocycles. The lowest BCUT2D eigenvalue weighted by atomic mass is 10.3. The van der Waals surface area contributed by atoms with Crippen molar-refractivity contribution in [3.05, 3.63) is 24.3 Å². The minimum absolute atomic E-state index is 0.118. The number of carbonyl (C=O) groups excluding carboxylic acids is 2. The zero-order chi connectivity index (χ0) is 13.9. The van der Waals surface area contributed by atoms with Gasteiger partial charge in [0, 0.05) is 0 Å². The second-order valence-corrected chi connectivity index (χ2v) is 5.77. The van der Waals surface area contributed by atoms with Gasteiger partial charge >= 0.3 is 0 Å². The van der Waals surface area contributed by atoms with Gasteiger partial charge in [-0.25, -0.2) is 4.98 Å². The van der Waals surface area contributed by atoms with Crippen molar-refractivity contribution in [2.24, 2.45) is 4.99 Å². The van der Waals surface area contributed by atoms with E-state index < -0.39 is 0 Å². The zero-order valence-electron chi connectivity index (χ0n) is 10.2. The fraction of sp³-hybridized carbons (Fsp3) is 0.167. The molecule has 0 spiro atoms. The van der Waals surface area contributed by atoms with Gasteiger partial charge in [-0.3, -0.25) is 9.59 Å². The molecule has 0 atom stereocenters. The van der Waals surface area contributed by atoms with Crippen LogP contribution in [0.5, 0.6) is 0 Å². The molecule has 1 N–H and O–H groups in total. The highest BCUT2D eigenvalue weighted by molar-refractivity contribution is 8.15. The van der Waals surface area contributed by atoms with E-state index in [1.165, 1.54) is 23.5 Å². The maximum Gasteiger partial charge on any atom is 0.258 e. The molecule has 0 bridgehead atoms. The average Bonchev–Trinajstić information content (AvgIpc) is 3.02. The van der Waals surface area contributed by atoms with Crippen LogP contribution in [0.1, 0.15) is 0 Å². The first-order chi connectivity index (χ1) is 9.70. The first-order valence-corrected chi connectivity index (χ1v) is 7.70. The van der Waals surface area contributed by atoms with E-state index >= 15 is 0 Å². The van der Waals surface area contributed by atoms with Crippen LogP contribution in [-0.4, -0.2) is 33.5 Å². The number of nitrogens with one attached hydrogen (secondary N) is 1. The Hall–Kier alpha value is -1.80. The van der Waals surface area contributed by atoms with Crippen LogP contribution in [0, 0.1) is 0 Å². The van der Waals surface area contributed by atoms with Gasteiger partial charge in [-0.2, -0.15) is 4.99 Å². The number of aliphatic imine (C=N–C) groups is 1. The Morgan fingerprint density at radius 3 is 3.10 bits per heavy atom. The predicted molar refractivity (Wildman–Crippen MR) is 77.8 cm³/mol. The van der Waals surface area contributed by atoms with Crippen LogP contribution in [0.15, 0.2) is 38.9 Å². The third kappa shape index (κ3) is 3.02. The maximum atomic E-state index is 11.7. The van der Waals surface area contributed by atoms with Gasteiger partial charge < -0.3 is 9.73 Å². The lowest BCUT2D eigenvalue weighted by Crippen LogP contribution is -2.21. The Bertz CT molecular complexity index is 678. The SMILES string of the molecule is O=C(CSc1nc2ccccc2o1)N=C1NC(=O)CS1. The number of aromatic nitrogens is 1. The summed E-state index contributed by atoms with van der Waals surface area (Å²) in [6.45, 7) is 0. The molecule has 1 saturated heterocycles. The van der Waals surface area contributed by atoms with Gasteiger partial charge in [-0.15, -0.1) is 0 Å². The maximum absolute atomic E-state index is 11.7. The standard InChI is InChI=1S/C12H9N3O3S2/c16-9-5-19-11(14-9)15-10(17)6-20-12-13-7-3-1-2-4-8(7)18-12/h1-4H,5-6H2,(H,14,15,16,17). The first-order valence-electron chi connectivity index (χ1n) is 5.73. The molecule has 2 heterocycles. The normalized spacial score (nSPS) is 16.8. The van der Waals surface area contributed by atoms with Crippen LogP contribution in [0.4, 0.5) is 0 Å². The summed E-state index contributed by atoms with van der Waals surface area (Å²) in [7, 11) is 0. The largest absolute Gasteiger partial charge is 0.431 e. The highest BCUT2D eigenvalue weighted by Gasteiger charge is 2.18. The Morgan fingerprint density at radius 1 is 1.50 bits per heavy atom. The number of para-hydroxylation sites is 2. The summed E-state index contributed by atoms with van der Waals surface area (Å²) in [6.07, 6.45) is 0. The molecule has 8 heteroatoms. The number of benzene rings is 1. The zero-order valence-corrected chi connectivity index (χ0v) is 11.8. The molecule has 1 aliphatic heterocycles. The fourth-order valence-corrected chi connectivity index (χ4v) is 2.88. The number of amidine groups is 1. The minimum Gasteiger partial charge on any atom is -0.431 e. The fourth-order valence-electron chi connectivity index (χ4n) is 1.57. The number of rotatable bonds is 3. The molecular weight excluding hydrogens is 298 g/mol. The molecule has 20 heavy (non-hydrogen) atoms. The molecule has 0 saturated carbocycles. The molecular formula is C12H9N3O3S2. The van der Waals surface area contributed by atoms with Gasteiger partial charge in [0.25, 0.3) is 11.1 Å². The lowest BCUT2D eigenvalue weighted by Gasteiger charge is -1.94. The molecule has 102 valence electrons. The molecule has 0 radical (unpaired) electrons. The van der Waals surface area contributed by atoms with Crippen molar-refractivity contribution in [2.45, 2.75) is 5.22 Å². The van der Waals surface area contributed by atoms with Crippen molar-refractivity contribution in [3.8, 4) is 0 Å². The van der Waals surface area contributed by atoms with Crippen LogP contribution < -0.4 is 5.32 Å². The topological polar surface area (TPSA) is 84.6 Å². The van der Waals surface area contributed by atoms with Crippen molar-refractivity contribution in [1.82, 2.24) is 10.3 Å². The lowest BCUT2D eigenvalue weighted by molar-refractivity contribution is -0.116. The van der Waals surface area contributed by atoms with Gasteiger partial charge in [-0.05, 0) is 12.1 Å². The number of fused-ring (bicyclic) bond motifs is 1. The van der Waals surface area contributed by atoms with Gasteiger partial charge in [0.2, 0.25) is 5.91 Å². The number of thioether (sulfide) groups is 2. The molecule has 1 fully saturated rings. The van der Waals surface area contributed by atoms with Crippen molar-refractivity contribution >= 4 is 51.6 Å². The van der Waals surface area contributed by atoms with E-state index in [-0.39, 0.29) is 17.6 Å². The number of amides is 2. The number of carbonyl (C=O) groups is 2. The predicted octanol–water partition coefficient (Wildman–Crippen LogP) is 1.67. The third-order valence-corrected chi connectivity index (χ3v) is 4.09. The Kier molecular flexibility index (Phi) is 3.75. The van der Waals surface area contributed by atoms with Crippen molar-refractivity contribution < 1.29 is 14.0 Å². The highest BCUT2D eigenvalue weighted by Crippen LogP contribution is 2.23. The number of hydrogen-bond acceptors (Lipinski definition) is 6. The van der Waals surface area contributed by atoms with E-state index in [2.05, 4.69) is 15.3 Å². The molecule has 0 aliphatic carbocycles. The van der Waals surface area contributed by atoms with E-state index in [9.17, 15) is 9.59 Å². The van der Waals surface area contributed by atoms with Crippen LogP contribution in [0.25, 0.3) is 11.1 Å². The summed E-state index contributed by atoms with van der Waals surface area (Å²) in [5.74, 6) is -0.0351. The quantitative estimate of drug-likeness (QED) is 0.868. The molecule has 0 unspecified atom stereocenters. The van der Waals surface area contributed by atoms with Crippen molar-refractivity contribution in [2.75, 3.05) is 11.5 Å². The summed E-state index contributed by atoms with van der Waals surface area (Å²) in [5.41, 5.74) is 1.44. The van der Waals surface area contributed by atoms with Gasteiger partial charge in [0.15, 0.2) is 10.8 Å². The van der Waals surface area contributed by atoms with E-state index in [0.717, 1.165) is 5.52 Å². The molecule has 2 amide bonds. The van der Waals surface area contributed by atoms with Crippen LogP contribution in [0.2, 0.25) is 0 Å². The first kappa shape index (κ1) is 13.2. The van der Waals surface area contributed by atoms with Crippen molar-refractivity contribution in [1.29, 1.82) is 0 Å². The second kappa shape index (κ2) is 5.68. The Labute approximate surface area is 122 Å².